The number of anilines is 1. The summed E-state index contributed by atoms with van der Waals surface area (Å²) < 4.78 is 5.58. The van der Waals surface area contributed by atoms with Crippen LogP contribution >= 0.6 is 23.2 Å². The molecule has 0 aliphatic heterocycles. The highest BCUT2D eigenvalue weighted by Crippen LogP contribution is 2.25. The fourth-order valence-electron chi connectivity index (χ4n) is 1.69. The summed E-state index contributed by atoms with van der Waals surface area (Å²) in [7, 11) is 0. The maximum Gasteiger partial charge on any atom is 0.138 e. The Hall–Kier alpha value is -1.71. The summed E-state index contributed by atoms with van der Waals surface area (Å²) in [6, 6.07) is 12.9. The topological polar surface area (TPSA) is 33.6 Å². The number of ether oxygens (including phenoxy) is 1. The molecule has 110 valence electrons. The first-order chi connectivity index (χ1) is 10.0. The number of hydrogen-bond donors (Lipinski definition) is 1. The summed E-state index contributed by atoms with van der Waals surface area (Å²) in [5.41, 5.74) is 4.61. The monoisotopic (exact) mass is 322 g/mol. The lowest BCUT2D eigenvalue weighted by Gasteiger charge is -2.11. The van der Waals surface area contributed by atoms with Crippen LogP contribution in [0.2, 0.25) is 10.0 Å². The zero-order chi connectivity index (χ0) is 15.2. The zero-order valence-electron chi connectivity index (χ0n) is 11.8. The van der Waals surface area contributed by atoms with Crippen molar-refractivity contribution in [1.29, 1.82) is 0 Å². The maximum atomic E-state index is 6.17. The van der Waals surface area contributed by atoms with Gasteiger partial charge in [0.05, 0.1) is 23.0 Å². The van der Waals surface area contributed by atoms with Gasteiger partial charge in [-0.1, -0.05) is 29.3 Å². The summed E-state index contributed by atoms with van der Waals surface area (Å²) in [5, 5.41) is 5.38. The molecule has 0 fully saturated rings. The molecule has 0 bridgehead atoms. The van der Waals surface area contributed by atoms with Crippen molar-refractivity contribution < 1.29 is 4.74 Å². The molecule has 0 saturated heterocycles. The van der Waals surface area contributed by atoms with Gasteiger partial charge in [-0.25, -0.2) is 0 Å². The van der Waals surface area contributed by atoms with Crippen molar-refractivity contribution in [1.82, 2.24) is 0 Å². The van der Waals surface area contributed by atoms with Crippen LogP contribution in [0.1, 0.15) is 19.4 Å². The van der Waals surface area contributed by atoms with Crippen molar-refractivity contribution in [3.8, 4) is 5.75 Å². The van der Waals surface area contributed by atoms with E-state index in [9.17, 15) is 0 Å². The third-order valence-corrected chi connectivity index (χ3v) is 3.08. The van der Waals surface area contributed by atoms with Gasteiger partial charge in [0.25, 0.3) is 0 Å². The molecule has 2 aromatic rings. The van der Waals surface area contributed by atoms with Gasteiger partial charge in [-0.05, 0) is 55.8 Å². The van der Waals surface area contributed by atoms with Crippen LogP contribution in [0, 0.1) is 0 Å². The molecule has 0 heterocycles. The highest BCUT2D eigenvalue weighted by molar-refractivity contribution is 6.32. The molecule has 3 nitrogen and oxygen atoms in total. The first kappa shape index (κ1) is 15.7. The lowest BCUT2D eigenvalue weighted by Crippen LogP contribution is -2.05. The third-order valence-electron chi connectivity index (χ3n) is 2.55. The minimum absolute atomic E-state index is 0.0894. The lowest BCUT2D eigenvalue weighted by atomic mass is 10.2. The summed E-state index contributed by atoms with van der Waals surface area (Å²) in [6.45, 7) is 3.92. The van der Waals surface area contributed by atoms with E-state index >= 15 is 0 Å². The lowest BCUT2D eigenvalue weighted by molar-refractivity contribution is 0.242. The van der Waals surface area contributed by atoms with E-state index in [1.807, 2.05) is 50.2 Å². The Morgan fingerprint density at radius 1 is 1.14 bits per heavy atom. The Labute approximate surface area is 134 Å². The van der Waals surface area contributed by atoms with Crippen LogP contribution in [0.15, 0.2) is 47.6 Å². The number of nitrogens with zero attached hydrogens (tertiary/aromatic N) is 1. The van der Waals surface area contributed by atoms with Gasteiger partial charge in [0.2, 0.25) is 0 Å². The summed E-state index contributed by atoms with van der Waals surface area (Å²) in [4.78, 5) is 0. The number of benzene rings is 2. The van der Waals surface area contributed by atoms with Crippen LogP contribution in [-0.4, -0.2) is 12.3 Å². The van der Waals surface area contributed by atoms with Crippen molar-refractivity contribution in [3.63, 3.8) is 0 Å². The molecule has 0 atom stereocenters. The second kappa shape index (κ2) is 7.34. The van der Waals surface area contributed by atoms with E-state index in [1.165, 1.54) is 0 Å². The SMILES string of the molecule is CC(C)Oc1ccc(C=NNc2cccc(Cl)c2)cc1Cl. The normalized spacial score (nSPS) is 11.1. The summed E-state index contributed by atoms with van der Waals surface area (Å²) >= 11 is 12.1. The van der Waals surface area contributed by atoms with Gasteiger partial charge in [-0.3, -0.25) is 5.43 Å². The molecular formula is C16H16Cl2N2O. The second-order valence-corrected chi connectivity index (χ2v) is 5.58. The van der Waals surface area contributed by atoms with Crippen LogP contribution in [-0.2, 0) is 0 Å². The van der Waals surface area contributed by atoms with E-state index in [4.69, 9.17) is 27.9 Å². The first-order valence-corrected chi connectivity index (χ1v) is 7.31. The molecule has 0 aliphatic rings. The van der Waals surface area contributed by atoms with Crippen LogP contribution in [0.25, 0.3) is 0 Å². The van der Waals surface area contributed by atoms with Gasteiger partial charge in [-0.2, -0.15) is 5.10 Å². The Morgan fingerprint density at radius 3 is 2.62 bits per heavy atom. The molecule has 0 amide bonds. The molecule has 0 saturated carbocycles. The highest BCUT2D eigenvalue weighted by Gasteiger charge is 2.04. The quantitative estimate of drug-likeness (QED) is 0.604. The van der Waals surface area contributed by atoms with Crippen LogP contribution in [0.5, 0.6) is 5.75 Å². The molecule has 0 unspecified atom stereocenters. The average Bonchev–Trinajstić information content (AvgIpc) is 2.41. The van der Waals surface area contributed by atoms with E-state index in [-0.39, 0.29) is 6.10 Å². The van der Waals surface area contributed by atoms with E-state index in [1.54, 1.807) is 12.3 Å². The van der Waals surface area contributed by atoms with Crippen LogP contribution in [0.3, 0.4) is 0 Å². The van der Waals surface area contributed by atoms with Gasteiger partial charge in [0.1, 0.15) is 5.75 Å². The Balaban J connectivity index is 2.02. The highest BCUT2D eigenvalue weighted by atomic mass is 35.5. The maximum absolute atomic E-state index is 6.17. The summed E-state index contributed by atoms with van der Waals surface area (Å²) in [6.07, 6.45) is 1.78. The second-order valence-electron chi connectivity index (χ2n) is 4.74. The molecule has 1 N–H and O–H groups in total. The molecule has 0 radical (unpaired) electrons. The number of hydrazone groups is 1. The largest absolute Gasteiger partial charge is 0.489 e. The Morgan fingerprint density at radius 2 is 1.95 bits per heavy atom. The van der Waals surface area contributed by atoms with Gasteiger partial charge < -0.3 is 4.74 Å². The fraction of sp³-hybridized carbons (Fsp3) is 0.188. The molecule has 0 aliphatic carbocycles. The number of nitrogens with one attached hydrogen (secondary N) is 1. The van der Waals surface area contributed by atoms with Crippen molar-refractivity contribution in [2.75, 3.05) is 5.43 Å². The molecule has 2 rings (SSSR count). The number of hydrogen-bond acceptors (Lipinski definition) is 3. The third kappa shape index (κ3) is 4.96. The summed E-state index contributed by atoms with van der Waals surface area (Å²) in [5.74, 6) is 0.673. The van der Waals surface area contributed by atoms with Gasteiger partial charge in [0, 0.05) is 5.02 Å². The van der Waals surface area contributed by atoms with Crippen LogP contribution < -0.4 is 10.2 Å². The van der Waals surface area contributed by atoms with Crippen molar-refractivity contribution in [2.24, 2.45) is 5.10 Å². The molecule has 2 aromatic carbocycles. The predicted octanol–water partition coefficient (Wildman–Crippen LogP) is 5.23. The minimum atomic E-state index is 0.0894. The van der Waals surface area contributed by atoms with E-state index in [0.29, 0.717) is 15.8 Å². The smallest absolute Gasteiger partial charge is 0.138 e. The molecule has 0 aromatic heterocycles. The molecule has 21 heavy (non-hydrogen) atoms. The Kier molecular flexibility index (Phi) is 5.48. The van der Waals surface area contributed by atoms with Gasteiger partial charge >= 0.3 is 0 Å². The zero-order valence-corrected chi connectivity index (χ0v) is 13.3. The Bertz CT molecular complexity index is 642. The number of halogens is 2. The van der Waals surface area contributed by atoms with E-state index in [2.05, 4.69) is 10.5 Å². The van der Waals surface area contributed by atoms with Gasteiger partial charge in [-0.15, -0.1) is 0 Å². The average molecular weight is 323 g/mol. The van der Waals surface area contributed by atoms with Crippen molar-refractivity contribution in [2.45, 2.75) is 20.0 Å². The molecule has 0 spiro atoms. The van der Waals surface area contributed by atoms with Crippen molar-refractivity contribution >= 4 is 35.1 Å². The van der Waals surface area contributed by atoms with Gasteiger partial charge in [0.15, 0.2) is 0 Å². The standard InChI is InChI=1S/C16H16Cl2N2O/c1-11(2)21-16-7-6-12(8-15(16)18)10-19-20-14-5-3-4-13(17)9-14/h3-11,20H,1-2H3. The molecule has 5 heteroatoms. The molecular weight excluding hydrogens is 307 g/mol. The van der Waals surface area contributed by atoms with E-state index < -0.39 is 0 Å². The predicted molar refractivity (Wildman–Crippen MR) is 89.9 cm³/mol. The van der Waals surface area contributed by atoms with E-state index in [0.717, 1.165) is 11.3 Å². The van der Waals surface area contributed by atoms with Crippen LogP contribution in [0.4, 0.5) is 5.69 Å². The number of rotatable bonds is 5. The fourth-order valence-corrected chi connectivity index (χ4v) is 2.11. The first-order valence-electron chi connectivity index (χ1n) is 6.55. The minimum Gasteiger partial charge on any atom is -0.489 e. The van der Waals surface area contributed by atoms with Crippen molar-refractivity contribution in [3.05, 3.63) is 58.1 Å².